The summed E-state index contributed by atoms with van der Waals surface area (Å²) in [7, 11) is 0. The van der Waals surface area contributed by atoms with Crippen LogP contribution in [0, 0.1) is 19.3 Å². The lowest BCUT2D eigenvalue weighted by Gasteiger charge is -2.22. The lowest BCUT2D eigenvalue weighted by atomic mass is 9.92. The van der Waals surface area contributed by atoms with Crippen LogP contribution in [0.25, 0.3) is 0 Å². The minimum atomic E-state index is 0.209. The summed E-state index contributed by atoms with van der Waals surface area (Å²) in [5, 5.41) is 0.781. The van der Waals surface area contributed by atoms with Gasteiger partial charge in [0.25, 0.3) is 0 Å². The number of aryl methyl sites for hydroxylation is 2. The lowest BCUT2D eigenvalue weighted by molar-refractivity contribution is 0.175. The van der Waals surface area contributed by atoms with Crippen molar-refractivity contribution in [2.75, 3.05) is 6.61 Å². The molecule has 2 aromatic rings. The summed E-state index contributed by atoms with van der Waals surface area (Å²) in [5.74, 6) is 0.909. The molecule has 22 heavy (non-hydrogen) atoms. The van der Waals surface area contributed by atoms with Crippen molar-refractivity contribution >= 4 is 11.8 Å². The van der Waals surface area contributed by atoms with Crippen molar-refractivity contribution in [1.29, 1.82) is 0 Å². The van der Waals surface area contributed by atoms with E-state index in [1.165, 1.54) is 0 Å². The van der Waals surface area contributed by atoms with Gasteiger partial charge >= 0.3 is 0 Å². The van der Waals surface area contributed by atoms with Crippen LogP contribution >= 0.6 is 11.8 Å². The fraction of sp³-hybridized carbons (Fsp3) is 0.444. The molecule has 0 aliphatic carbocycles. The third kappa shape index (κ3) is 4.73. The van der Waals surface area contributed by atoms with Crippen LogP contribution in [0.5, 0.6) is 5.75 Å². The van der Waals surface area contributed by atoms with Crippen molar-refractivity contribution in [2.24, 2.45) is 5.41 Å². The maximum absolute atomic E-state index is 5.86. The largest absolute Gasteiger partial charge is 0.493 e. The number of aromatic nitrogens is 2. The molecule has 3 nitrogen and oxygen atoms in total. The van der Waals surface area contributed by atoms with Crippen molar-refractivity contribution in [3.63, 3.8) is 0 Å². The van der Waals surface area contributed by atoms with Crippen molar-refractivity contribution < 1.29 is 4.74 Å². The Labute approximate surface area is 137 Å². The van der Waals surface area contributed by atoms with E-state index in [0.717, 1.165) is 40.1 Å². The second kappa shape index (κ2) is 7.14. The van der Waals surface area contributed by atoms with Gasteiger partial charge in [-0.15, -0.1) is 0 Å². The molecule has 4 heteroatoms. The number of ether oxygens (including phenoxy) is 1. The zero-order valence-corrected chi connectivity index (χ0v) is 14.8. The molecule has 0 bridgehead atoms. The third-order valence-electron chi connectivity index (χ3n) is 3.82. The molecule has 0 unspecified atom stereocenters. The number of hydrogen-bond acceptors (Lipinski definition) is 4. The first-order chi connectivity index (χ1) is 10.4. The molecule has 0 saturated carbocycles. The molecule has 0 spiro atoms. The Kier molecular flexibility index (Phi) is 5.46. The van der Waals surface area contributed by atoms with E-state index in [-0.39, 0.29) is 5.41 Å². The van der Waals surface area contributed by atoms with Gasteiger partial charge in [0.2, 0.25) is 0 Å². The van der Waals surface area contributed by atoms with Gasteiger partial charge in [0.15, 0.2) is 5.16 Å². The first-order valence-electron chi connectivity index (χ1n) is 7.60. The second-order valence-electron chi connectivity index (χ2n) is 6.30. The van der Waals surface area contributed by atoms with Crippen LogP contribution in [0.3, 0.4) is 0 Å². The van der Waals surface area contributed by atoms with Crippen LogP contribution in [-0.2, 0) is 0 Å². The minimum Gasteiger partial charge on any atom is -0.493 e. The normalized spacial score (nSPS) is 11.5. The quantitative estimate of drug-likeness (QED) is 0.698. The highest BCUT2D eigenvalue weighted by molar-refractivity contribution is 7.99. The predicted molar refractivity (Wildman–Crippen MR) is 91.6 cm³/mol. The molecule has 0 N–H and O–H groups in total. The summed E-state index contributed by atoms with van der Waals surface area (Å²) in [6.07, 6.45) is 2.97. The number of benzene rings is 1. The van der Waals surface area contributed by atoms with E-state index >= 15 is 0 Å². The first-order valence-corrected chi connectivity index (χ1v) is 8.42. The SMILES string of the molecule is CCC(C)(C)COc1ccc(Sc2ncc(C)c(C)n2)cc1. The highest BCUT2D eigenvalue weighted by Gasteiger charge is 2.15. The van der Waals surface area contributed by atoms with Gasteiger partial charge in [0, 0.05) is 16.8 Å². The van der Waals surface area contributed by atoms with E-state index in [4.69, 9.17) is 4.74 Å². The van der Waals surface area contributed by atoms with E-state index in [1.54, 1.807) is 11.8 Å². The number of hydrogen-bond donors (Lipinski definition) is 0. The van der Waals surface area contributed by atoms with Crippen molar-refractivity contribution in [2.45, 2.75) is 51.1 Å². The predicted octanol–water partition coefficient (Wildman–Crippen LogP) is 5.06. The van der Waals surface area contributed by atoms with Crippen molar-refractivity contribution in [3.8, 4) is 5.75 Å². The molecule has 1 heterocycles. The molecule has 0 saturated heterocycles. The third-order valence-corrected chi connectivity index (χ3v) is 4.71. The zero-order chi connectivity index (χ0) is 16.2. The van der Waals surface area contributed by atoms with Crippen LogP contribution in [-0.4, -0.2) is 16.6 Å². The standard InChI is InChI=1S/C18H24N2OS/c1-6-18(4,5)12-21-15-7-9-16(10-8-15)22-17-19-11-13(2)14(3)20-17/h7-11H,6,12H2,1-5H3. The summed E-state index contributed by atoms with van der Waals surface area (Å²) in [4.78, 5) is 9.96. The molecule has 0 atom stereocenters. The van der Waals surface area contributed by atoms with Gasteiger partial charge < -0.3 is 4.74 Å². The Bertz CT molecular complexity index is 623. The number of rotatable bonds is 6. The summed E-state index contributed by atoms with van der Waals surface area (Å²) >= 11 is 1.57. The van der Waals surface area contributed by atoms with Crippen LogP contribution in [0.15, 0.2) is 40.5 Å². The second-order valence-corrected chi connectivity index (χ2v) is 7.34. The summed E-state index contributed by atoms with van der Waals surface area (Å²) in [5.41, 5.74) is 2.35. The molecule has 0 amide bonds. The average molecular weight is 316 g/mol. The van der Waals surface area contributed by atoms with Crippen molar-refractivity contribution in [1.82, 2.24) is 9.97 Å². The molecular weight excluding hydrogens is 292 g/mol. The summed E-state index contributed by atoms with van der Waals surface area (Å²) in [6.45, 7) is 11.4. The molecule has 118 valence electrons. The Morgan fingerprint density at radius 1 is 1.14 bits per heavy atom. The molecule has 0 radical (unpaired) electrons. The molecule has 2 rings (SSSR count). The van der Waals surface area contributed by atoms with E-state index in [2.05, 4.69) is 42.9 Å². The Balaban J connectivity index is 1.98. The first kappa shape index (κ1) is 16.8. The van der Waals surface area contributed by atoms with Gasteiger partial charge in [-0.2, -0.15) is 0 Å². The van der Waals surface area contributed by atoms with Crippen LogP contribution in [0.1, 0.15) is 38.4 Å². The van der Waals surface area contributed by atoms with Gasteiger partial charge in [0.1, 0.15) is 5.75 Å². The van der Waals surface area contributed by atoms with Gasteiger partial charge in [-0.3, -0.25) is 0 Å². The molecule has 0 aliphatic heterocycles. The van der Waals surface area contributed by atoms with Crippen LogP contribution in [0.4, 0.5) is 0 Å². The molecule has 0 fully saturated rings. The van der Waals surface area contributed by atoms with E-state index < -0.39 is 0 Å². The van der Waals surface area contributed by atoms with Gasteiger partial charge in [-0.25, -0.2) is 9.97 Å². The molecule has 0 aliphatic rings. The lowest BCUT2D eigenvalue weighted by Crippen LogP contribution is -2.20. The molecular formula is C18H24N2OS. The molecule has 1 aromatic heterocycles. The topological polar surface area (TPSA) is 35.0 Å². The summed E-state index contributed by atoms with van der Waals surface area (Å²) < 4.78 is 5.86. The highest BCUT2D eigenvalue weighted by atomic mass is 32.2. The van der Waals surface area contributed by atoms with Crippen LogP contribution < -0.4 is 4.74 Å². The van der Waals surface area contributed by atoms with Crippen molar-refractivity contribution in [3.05, 3.63) is 41.7 Å². The number of nitrogens with zero attached hydrogens (tertiary/aromatic N) is 2. The van der Waals surface area contributed by atoms with Crippen LogP contribution in [0.2, 0.25) is 0 Å². The monoisotopic (exact) mass is 316 g/mol. The molecule has 1 aromatic carbocycles. The van der Waals surface area contributed by atoms with Gasteiger partial charge in [0.05, 0.1) is 6.61 Å². The minimum absolute atomic E-state index is 0.209. The van der Waals surface area contributed by atoms with Gasteiger partial charge in [-0.1, -0.05) is 20.8 Å². The fourth-order valence-corrected chi connectivity index (χ4v) is 2.42. The highest BCUT2D eigenvalue weighted by Crippen LogP contribution is 2.28. The van der Waals surface area contributed by atoms with E-state index in [0.29, 0.717) is 0 Å². The Hall–Kier alpha value is -1.55. The van der Waals surface area contributed by atoms with E-state index in [9.17, 15) is 0 Å². The Morgan fingerprint density at radius 2 is 1.82 bits per heavy atom. The van der Waals surface area contributed by atoms with E-state index in [1.807, 2.05) is 32.2 Å². The maximum atomic E-state index is 5.86. The zero-order valence-electron chi connectivity index (χ0n) is 14.0. The Morgan fingerprint density at radius 3 is 2.41 bits per heavy atom. The summed E-state index contributed by atoms with van der Waals surface area (Å²) in [6, 6.07) is 8.12. The smallest absolute Gasteiger partial charge is 0.192 e. The average Bonchev–Trinajstić information content (AvgIpc) is 2.50. The fourth-order valence-electron chi connectivity index (χ4n) is 1.65. The van der Waals surface area contributed by atoms with Gasteiger partial charge in [-0.05, 0) is 67.3 Å². The maximum Gasteiger partial charge on any atom is 0.192 e.